The maximum absolute atomic E-state index is 6.64. The van der Waals surface area contributed by atoms with Crippen LogP contribution >= 0.6 is 11.3 Å². The molecule has 4 aromatic carbocycles. The maximum Gasteiger partial charge on any atom is 2.00 e. The van der Waals surface area contributed by atoms with Crippen LogP contribution < -0.4 is 4.74 Å². The van der Waals surface area contributed by atoms with Gasteiger partial charge in [-0.05, 0) is 61.8 Å². The number of benzene rings is 4. The maximum atomic E-state index is 6.64. The molecule has 0 saturated carbocycles. The summed E-state index contributed by atoms with van der Waals surface area (Å²) in [6, 6.07) is 49.5. The first-order valence-corrected chi connectivity index (χ1v) is 20.2. The average Bonchev–Trinajstić information content (AvgIpc) is 3.68. The second-order valence-electron chi connectivity index (χ2n) is 16.4. The topological polar surface area (TPSA) is 73.7 Å². The molecule has 0 radical (unpaired) electrons. The molecule has 0 atom stereocenters. The minimum Gasteiger partial charge on any atom is -0.422 e. The van der Waals surface area contributed by atoms with Crippen molar-refractivity contribution >= 4 is 32.5 Å². The summed E-state index contributed by atoms with van der Waals surface area (Å²) < 4.78 is 7.73. The molecule has 6 nitrogen and oxygen atoms in total. The molecule has 5 heterocycles. The Balaban J connectivity index is 0.00000484. The Bertz CT molecular complexity index is 2880. The number of rotatable bonds is 7. The third-order valence-corrected chi connectivity index (χ3v) is 11.7. The van der Waals surface area contributed by atoms with Crippen molar-refractivity contribution < 1.29 is 25.8 Å². The van der Waals surface area contributed by atoms with Crippen LogP contribution in [0.15, 0.2) is 140 Å². The van der Waals surface area contributed by atoms with Crippen LogP contribution in [0.4, 0.5) is 0 Å². The zero-order valence-corrected chi connectivity index (χ0v) is 36.7. The summed E-state index contributed by atoms with van der Waals surface area (Å²) in [4.78, 5) is 26.2. The van der Waals surface area contributed by atoms with Gasteiger partial charge in [0.15, 0.2) is 0 Å². The number of hydrogen-bond acceptors (Lipinski definition) is 7. The van der Waals surface area contributed by atoms with E-state index in [9.17, 15) is 0 Å². The van der Waals surface area contributed by atoms with Gasteiger partial charge in [-0.25, -0.2) is 4.98 Å². The van der Waals surface area contributed by atoms with Gasteiger partial charge in [0.1, 0.15) is 0 Å². The second-order valence-corrected chi connectivity index (χ2v) is 17.5. The standard InChI is InChI=1S/C51H41N5OS.Pt/c1-50(2,3)46-45-47-42(52-25-26-53-47)31-37(48(45)58-49(46)51(4,5)6)38-23-16-24-43(55-38)57-44-30-36(29-41(56-44)34-21-14-9-15-22-34)35-27-39(32-17-10-7-11-18-32)54-40(28-35)33-19-12-8-13-20-33;/h7-21,23-30H,1-6H3;/q-2;+2. The van der Waals surface area contributed by atoms with Crippen LogP contribution in [-0.2, 0) is 31.9 Å². The Morgan fingerprint density at radius 2 is 1.19 bits per heavy atom. The molecular formula is C51H41N5OPtS. The molecule has 0 N–H and O–H groups in total. The summed E-state index contributed by atoms with van der Waals surface area (Å²) in [7, 11) is 0. The molecule has 9 rings (SSSR count). The molecule has 5 aromatic heterocycles. The zero-order valence-electron chi connectivity index (χ0n) is 33.6. The van der Waals surface area contributed by atoms with Crippen LogP contribution in [0.2, 0.25) is 0 Å². The van der Waals surface area contributed by atoms with Gasteiger partial charge in [0.2, 0.25) is 11.8 Å². The predicted molar refractivity (Wildman–Crippen MR) is 237 cm³/mol. The quantitative estimate of drug-likeness (QED) is 0.148. The summed E-state index contributed by atoms with van der Waals surface area (Å²) in [6.45, 7) is 13.6. The largest absolute Gasteiger partial charge is 2.00 e. The van der Waals surface area contributed by atoms with Crippen molar-refractivity contribution in [2.75, 3.05) is 0 Å². The van der Waals surface area contributed by atoms with Gasteiger partial charge in [-0.1, -0.05) is 126 Å². The van der Waals surface area contributed by atoms with E-state index < -0.39 is 0 Å². The molecule has 0 saturated heterocycles. The summed E-state index contributed by atoms with van der Waals surface area (Å²) in [5.41, 5.74) is 11.6. The third kappa shape index (κ3) is 8.10. The molecule has 0 fully saturated rings. The van der Waals surface area contributed by atoms with E-state index in [1.807, 2.05) is 84.9 Å². The average molecular weight is 967 g/mol. The fourth-order valence-electron chi connectivity index (χ4n) is 7.39. The summed E-state index contributed by atoms with van der Waals surface area (Å²) in [6.07, 6.45) is 3.49. The van der Waals surface area contributed by atoms with Gasteiger partial charge in [-0.3, -0.25) is 15.0 Å². The van der Waals surface area contributed by atoms with Gasteiger partial charge in [-0.2, -0.15) is 11.3 Å². The number of thiophene rings is 1. The van der Waals surface area contributed by atoms with E-state index in [-0.39, 0.29) is 31.9 Å². The number of aromatic nitrogens is 5. The van der Waals surface area contributed by atoms with E-state index in [0.717, 1.165) is 71.8 Å². The molecule has 0 aliphatic carbocycles. The number of hydrogen-bond donors (Lipinski definition) is 0. The van der Waals surface area contributed by atoms with E-state index in [1.165, 1.54) is 10.4 Å². The van der Waals surface area contributed by atoms with E-state index in [0.29, 0.717) is 17.3 Å². The van der Waals surface area contributed by atoms with E-state index in [1.54, 1.807) is 23.7 Å². The van der Waals surface area contributed by atoms with Gasteiger partial charge in [0, 0.05) is 45.5 Å². The summed E-state index contributed by atoms with van der Waals surface area (Å²) >= 11 is 1.80. The fraction of sp³-hybridized carbons (Fsp3) is 0.157. The fourth-order valence-corrected chi connectivity index (χ4v) is 8.97. The molecular weight excluding hydrogens is 926 g/mol. The van der Waals surface area contributed by atoms with Crippen molar-refractivity contribution in [3.8, 4) is 67.9 Å². The molecule has 9 aromatic rings. The SMILES string of the molecule is CC(C)(C)c1sc2c(-c3cccc(Oc4cc(-c5cc(-c6ccccc6)nc(-c6ccccc6)c5)cc(-c5[c-]cccc5)n4)n3)[c-]c3nccnc3c2c1C(C)(C)C.[Pt+2]. The van der Waals surface area contributed by atoms with Gasteiger partial charge >= 0.3 is 21.1 Å². The monoisotopic (exact) mass is 966 g/mol. The molecule has 0 spiro atoms. The number of fused-ring (bicyclic) bond motifs is 3. The summed E-state index contributed by atoms with van der Waals surface area (Å²) in [5, 5.41) is 1.12. The van der Waals surface area contributed by atoms with Crippen molar-refractivity contribution in [3.05, 3.63) is 162 Å². The Labute approximate surface area is 363 Å². The van der Waals surface area contributed by atoms with Gasteiger partial charge in [-0.15, -0.1) is 47.5 Å². The van der Waals surface area contributed by atoms with Crippen LogP contribution in [0.3, 0.4) is 0 Å². The first-order valence-electron chi connectivity index (χ1n) is 19.4. The smallest absolute Gasteiger partial charge is 0.422 e. The minimum atomic E-state index is -0.133. The molecule has 0 amide bonds. The zero-order chi connectivity index (χ0) is 40.0. The van der Waals surface area contributed by atoms with Crippen LogP contribution in [0.5, 0.6) is 11.8 Å². The van der Waals surface area contributed by atoms with E-state index in [4.69, 9.17) is 29.7 Å². The molecule has 292 valence electrons. The third-order valence-electron chi connectivity index (χ3n) is 10.0. The Morgan fingerprint density at radius 3 is 1.83 bits per heavy atom. The molecule has 0 aliphatic rings. The van der Waals surface area contributed by atoms with E-state index in [2.05, 4.69) is 96.1 Å². The van der Waals surface area contributed by atoms with Gasteiger partial charge < -0.3 is 9.72 Å². The van der Waals surface area contributed by atoms with Crippen molar-refractivity contribution in [2.45, 2.75) is 52.4 Å². The van der Waals surface area contributed by atoms with Gasteiger partial charge in [0.25, 0.3) is 0 Å². The first kappa shape index (κ1) is 39.9. The Kier molecular flexibility index (Phi) is 10.9. The van der Waals surface area contributed by atoms with Crippen LogP contribution in [0.25, 0.3) is 77.3 Å². The van der Waals surface area contributed by atoms with Gasteiger partial charge in [0.05, 0.1) is 11.4 Å². The van der Waals surface area contributed by atoms with Crippen molar-refractivity contribution in [1.82, 2.24) is 24.9 Å². The number of nitrogens with zero attached hydrogens (tertiary/aromatic N) is 5. The molecule has 59 heavy (non-hydrogen) atoms. The van der Waals surface area contributed by atoms with Crippen molar-refractivity contribution in [1.29, 1.82) is 0 Å². The molecule has 8 heteroatoms. The van der Waals surface area contributed by atoms with Crippen LogP contribution in [-0.4, -0.2) is 24.9 Å². The number of ether oxygens (including phenoxy) is 1. The van der Waals surface area contributed by atoms with E-state index >= 15 is 0 Å². The summed E-state index contributed by atoms with van der Waals surface area (Å²) in [5.74, 6) is 0.827. The molecule has 0 unspecified atom stereocenters. The van der Waals surface area contributed by atoms with Crippen LogP contribution in [0.1, 0.15) is 52.0 Å². The number of pyridine rings is 3. The Hall–Kier alpha value is -5.88. The normalized spacial score (nSPS) is 11.8. The van der Waals surface area contributed by atoms with Crippen molar-refractivity contribution in [2.24, 2.45) is 0 Å². The molecule has 0 aliphatic heterocycles. The molecule has 0 bridgehead atoms. The minimum absolute atomic E-state index is 0. The Morgan fingerprint density at radius 1 is 0.559 bits per heavy atom. The predicted octanol–water partition coefficient (Wildman–Crippen LogP) is 13.3. The second kappa shape index (κ2) is 16.0. The van der Waals surface area contributed by atoms with Crippen molar-refractivity contribution in [3.63, 3.8) is 0 Å². The first-order chi connectivity index (χ1) is 28.0. The van der Waals surface area contributed by atoms with Crippen LogP contribution in [0, 0.1) is 12.1 Å².